The molecule has 0 unspecified atom stereocenters. The van der Waals surface area contributed by atoms with Crippen LogP contribution in [0.25, 0.3) is 0 Å². The number of aryl methyl sites for hydroxylation is 2. The van der Waals surface area contributed by atoms with E-state index in [0.29, 0.717) is 21.6 Å². The summed E-state index contributed by atoms with van der Waals surface area (Å²) in [5, 5.41) is 7.61. The SMILES string of the molecule is Cc1ccc(S(=O)(=O)Sc2nnc(SS(=O)(=O)c3ccc(C)cc3)s2)cc1. The van der Waals surface area contributed by atoms with Crippen LogP contribution >= 0.6 is 32.9 Å². The van der Waals surface area contributed by atoms with Crippen molar-refractivity contribution in [1.29, 1.82) is 0 Å². The van der Waals surface area contributed by atoms with Gasteiger partial charge in [0, 0.05) is 21.6 Å². The summed E-state index contributed by atoms with van der Waals surface area (Å²) < 4.78 is 50.1. The Bertz CT molecular complexity index is 1060. The van der Waals surface area contributed by atoms with Gasteiger partial charge in [0.15, 0.2) is 8.68 Å². The largest absolute Gasteiger partial charge is 0.236 e. The Morgan fingerprint density at radius 2 is 1.00 bits per heavy atom. The van der Waals surface area contributed by atoms with E-state index in [2.05, 4.69) is 10.2 Å². The van der Waals surface area contributed by atoms with E-state index in [9.17, 15) is 16.8 Å². The van der Waals surface area contributed by atoms with Crippen LogP contribution in [0, 0.1) is 13.8 Å². The lowest BCUT2D eigenvalue weighted by Gasteiger charge is -2.01. The first-order chi connectivity index (χ1) is 12.7. The first kappa shape index (κ1) is 20.3. The van der Waals surface area contributed by atoms with Crippen LogP contribution in [0.15, 0.2) is 67.0 Å². The molecule has 0 aliphatic rings. The zero-order valence-corrected chi connectivity index (χ0v) is 18.3. The first-order valence-electron chi connectivity index (χ1n) is 7.51. The van der Waals surface area contributed by atoms with E-state index < -0.39 is 17.7 Å². The lowest BCUT2D eigenvalue weighted by atomic mass is 10.2. The third kappa shape index (κ3) is 5.11. The molecule has 1 aromatic heterocycles. The van der Waals surface area contributed by atoms with Crippen LogP contribution in [-0.4, -0.2) is 27.0 Å². The Labute approximate surface area is 169 Å². The highest BCUT2D eigenvalue weighted by Crippen LogP contribution is 2.38. The second kappa shape index (κ2) is 7.92. The summed E-state index contributed by atoms with van der Waals surface area (Å²) >= 11 is 0.928. The van der Waals surface area contributed by atoms with Crippen molar-refractivity contribution in [3.63, 3.8) is 0 Å². The molecule has 6 nitrogen and oxygen atoms in total. The minimum absolute atomic E-state index is 0.162. The molecule has 0 aliphatic heterocycles. The molecule has 142 valence electrons. The normalized spacial score (nSPS) is 12.2. The van der Waals surface area contributed by atoms with Crippen LogP contribution in [0.2, 0.25) is 0 Å². The summed E-state index contributed by atoms with van der Waals surface area (Å²) in [5.41, 5.74) is 1.91. The first-order valence-corrected chi connectivity index (χ1v) is 14.0. The van der Waals surface area contributed by atoms with E-state index in [1.807, 2.05) is 13.8 Å². The number of aromatic nitrogens is 2. The fraction of sp³-hybridized carbons (Fsp3) is 0.125. The van der Waals surface area contributed by atoms with Gasteiger partial charge >= 0.3 is 0 Å². The second-order valence-corrected chi connectivity index (χ2v) is 14.5. The van der Waals surface area contributed by atoms with Gasteiger partial charge in [-0.3, -0.25) is 0 Å². The van der Waals surface area contributed by atoms with Gasteiger partial charge in [-0.2, -0.15) is 0 Å². The molecule has 0 saturated carbocycles. The van der Waals surface area contributed by atoms with Crippen LogP contribution in [0.3, 0.4) is 0 Å². The summed E-state index contributed by atoms with van der Waals surface area (Å²) in [6, 6.07) is 12.9. The van der Waals surface area contributed by atoms with E-state index in [4.69, 9.17) is 0 Å². The summed E-state index contributed by atoms with van der Waals surface area (Å²) in [6.07, 6.45) is 0. The molecule has 0 amide bonds. The molecule has 0 fully saturated rings. The number of rotatable bonds is 6. The molecule has 0 bridgehead atoms. The maximum absolute atomic E-state index is 12.4. The average Bonchev–Trinajstić information content (AvgIpc) is 3.01. The number of hydrogen-bond acceptors (Lipinski definition) is 9. The molecule has 0 spiro atoms. The Kier molecular flexibility index (Phi) is 5.96. The van der Waals surface area contributed by atoms with Crippen molar-refractivity contribution >= 4 is 50.7 Å². The zero-order chi connectivity index (χ0) is 19.7. The number of hydrogen-bond donors (Lipinski definition) is 0. The average molecular weight is 459 g/mol. The van der Waals surface area contributed by atoms with Gasteiger partial charge in [-0.25, -0.2) is 16.8 Å². The molecular formula is C16H14N2O4S5. The van der Waals surface area contributed by atoms with Gasteiger partial charge in [-0.15, -0.1) is 10.2 Å². The molecule has 0 aliphatic carbocycles. The predicted molar refractivity (Wildman–Crippen MR) is 108 cm³/mol. The quantitative estimate of drug-likeness (QED) is 0.509. The van der Waals surface area contributed by atoms with Gasteiger partial charge < -0.3 is 0 Å². The van der Waals surface area contributed by atoms with Gasteiger partial charge in [-0.05, 0) is 38.1 Å². The standard InChI is InChI=1S/C16H14N2O4S5/c1-11-3-7-13(8-4-11)26(19,20)24-15-17-18-16(23-15)25-27(21,22)14-9-5-12(2)6-10-14/h3-10H,1-2H3. The van der Waals surface area contributed by atoms with Crippen molar-refractivity contribution < 1.29 is 16.8 Å². The zero-order valence-electron chi connectivity index (χ0n) is 14.2. The highest BCUT2D eigenvalue weighted by Gasteiger charge is 2.23. The molecule has 11 heteroatoms. The number of benzene rings is 2. The van der Waals surface area contributed by atoms with E-state index >= 15 is 0 Å². The van der Waals surface area contributed by atoms with Gasteiger partial charge in [0.1, 0.15) is 0 Å². The highest BCUT2D eigenvalue weighted by molar-refractivity contribution is 8.73. The Hall–Kier alpha value is -1.40. The van der Waals surface area contributed by atoms with Crippen molar-refractivity contribution in [2.75, 3.05) is 0 Å². The fourth-order valence-corrected chi connectivity index (χ4v) is 9.62. The van der Waals surface area contributed by atoms with Gasteiger partial charge in [0.2, 0.25) is 17.7 Å². The second-order valence-electron chi connectivity index (χ2n) is 5.53. The Balaban J connectivity index is 1.76. The molecule has 2 aromatic carbocycles. The predicted octanol–water partition coefficient (Wildman–Crippen LogP) is 4.12. The molecule has 3 rings (SSSR count). The van der Waals surface area contributed by atoms with E-state index in [-0.39, 0.29) is 18.5 Å². The van der Waals surface area contributed by atoms with Crippen LogP contribution in [-0.2, 0) is 17.7 Å². The molecule has 1 heterocycles. The van der Waals surface area contributed by atoms with E-state index in [0.717, 1.165) is 22.5 Å². The molecule has 27 heavy (non-hydrogen) atoms. The van der Waals surface area contributed by atoms with Crippen molar-refractivity contribution in [3.05, 3.63) is 59.7 Å². The lowest BCUT2D eigenvalue weighted by molar-refractivity contribution is 0.608. The Morgan fingerprint density at radius 3 is 1.33 bits per heavy atom. The molecule has 0 radical (unpaired) electrons. The Morgan fingerprint density at radius 1 is 0.667 bits per heavy atom. The van der Waals surface area contributed by atoms with Crippen molar-refractivity contribution in [3.8, 4) is 0 Å². The highest BCUT2D eigenvalue weighted by atomic mass is 33.1. The van der Waals surface area contributed by atoms with Gasteiger partial charge in [0.25, 0.3) is 0 Å². The molecule has 0 N–H and O–H groups in total. The van der Waals surface area contributed by atoms with Crippen molar-refractivity contribution in [2.24, 2.45) is 0 Å². The van der Waals surface area contributed by atoms with Crippen LogP contribution in [0.5, 0.6) is 0 Å². The minimum Gasteiger partial charge on any atom is -0.212 e. The summed E-state index contributed by atoms with van der Waals surface area (Å²) in [6.45, 7) is 3.73. The molecule has 3 aromatic rings. The maximum atomic E-state index is 12.4. The molecule has 0 saturated heterocycles. The summed E-state index contributed by atoms with van der Waals surface area (Å²) in [7, 11) is -6.19. The summed E-state index contributed by atoms with van der Waals surface area (Å²) in [4.78, 5) is 0.324. The van der Waals surface area contributed by atoms with E-state index in [1.54, 1.807) is 24.3 Å². The van der Waals surface area contributed by atoms with Gasteiger partial charge in [0.05, 0.1) is 9.79 Å². The lowest BCUT2D eigenvalue weighted by Crippen LogP contribution is -1.94. The maximum Gasteiger partial charge on any atom is 0.236 e. The van der Waals surface area contributed by atoms with Crippen molar-refractivity contribution in [2.45, 2.75) is 32.3 Å². The van der Waals surface area contributed by atoms with Gasteiger partial charge in [-0.1, -0.05) is 46.7 Å². The van der Waals surface area contributed by atoms with Crippen LogP contribution in [0.1, 0.15) is 11.1 Å². The third-order valence-electron chi connectivity index (χ3n) is 3.37. The van der Waals surface area contributed by atoms with Crippen LogP contribution < -0.4 is 0 Å². The smallest absolute Gasteiger partial charge is 0.212 e. The monoisotopic (exact) mass is 458 g/mol. The van der Waals surface area contributed by atoms with E-state index in [1.165, 1.54) is 24.3 Å². The molecular weight excluding hydrogens is 445 g/mol. The third-order valence-corrected chi connectivity index (χ3v) is 11.5. The fourth-order valence-electron chi connectivity index (χ4n) is 1.96. The summed E-state index contributed by atoms with van der Waals surface area (Å²) in [5.74, 6) is 0. The van der Waals surface area contributed by atoms with Crippen LogP contribution in [0.4, 0.5) is 0 Å². The minimum atomic E-state index is -3.65. The molecule has 0 atom stereocenters. The topological polar surface area (TPSA) is 94.1 Å². The number of nitrogens with zero attached hydrogens (tertiary/aromatic N) is 2. The van der Waals surface area contributed by atoms with Crippen molar-refractivity contribution in [1.82, 2.24) is 10.2 Å².